The number of nitrogens with one attached hydrogen (secondary N) is 4. The molecule has 6 aromatic rings. The maximum atomic E-state index is 11.1. The number of aliphatic hydroxyl groups is 2. The van der Waals surface area contributed by atoms with Gasteiger partial charge in [-0.3, -0.25) is 9.59 Å². The van der Waals surface area contributed by atoms with Crippen molar-refractivity contribution in [2.75, 3.05) is 52.6 Å². The summed E-state index contributed by atoms with van der Waals surface area (Å²) in [5.41, 5.74) is 13.3. The van der Waals surface area contributed by atoms with Crippen molar-refractivity contribution in [2.45, 2.75) is 78.0 Å². The van der Waals surface area contributed by atoms with Crippen LogP contribution in [0.15, 0.2) is 109 Å². The second-order valence-electron chi connectivity index (χ2n) is 18.6. The van der Waals surface area contributed by atoms with Gasteiger partial charge < -0.3 is 59.9 Å². The molecule has 14 nitrogen and oxygen atoms in total. The van der Waals surface area contributed by atoms with Gasteiger partial charge in [0.05, 0.1) is 24.3 Å². The molecule has 2 amide bonds. The summed E-state index contributed by atoms with van der Waals surface area (Å²) in [6, 6.07) is 36.3. The van der Waals surface area contributed by atoms with Crippen LogP contribution in [0.25, 0.3) is 22.3 Å². The first-order valence-corrected chi connectivity index (χ1v) is 24.8. The van der Waals surface area contributed by atoms with Crippen molar-refractivity contribution in [1.29, 1.82) is 0 Å². The highest BCUT2D eigenvalue weighted by Gasteiger charge is 2.32. The number of amides is 2. The summed E-state index contributed by atoms with van der Waals surface area (Å²) in [5.74, 6) is 4.58. The molecule has 4 atom stereocenters. The molecule has 0 bridgehead atoms. The first-order valence-electron chi connectivity index (χ1n) is 24.8. The molecule has 0 radical (unpaired) electrons. The van der Waals surface area contributed by atoms with Crippen LogP contribution in [0.4, 0.5) is 0 Å². The number of fused-ring (bicyclic) bond motifs is 4. The highest BCUT2D eigenvalue weighted by Crippen LogP contribution is 2.39. The van der Waals surface area contributed by atoms with Gasteiger partial charge in [-0.25, -0.2) is 0 Å². The molecule has 0 saturated carbocycles. The highest BCUT2D eigenvalue weighted by molar-refractivity contribution is 5.74. The third-order valence-corrected chi connectivity index (χ3v) is 13.6. The summed E-state index contributed by atoms with van der Waals surface area (Å²) in [7, 11) is 0. The molecule has 10 rings (SSSR count). The van der Waals surface area contributed by atoms with Gasteiger partial charge in [-0.05, 0) is 129 Å². The molecule has 0 aromatic heterocycles. The van der Waals surface area contributed by atoms with E-state index in [1.165, 1.54) is 13.8 Å². The zero-order valence-corrected chi connectivity index (χ0v) is 41.3. The third-order valence-electron chi connectivity index (χ3n) is 13.6. The molecule has 0 unspecified atom stereocenters. The smallest absolute Gasteiger partial charge is 0.216 e. The molecule has 2 aliphatic heterocycles. The van der Waals surface area contributed by atoms with Gasteiger partial charge in [0.1, 0.15) is 51.1 Å². The van der Waals surface area contributed by atoms with Gasteiger partial charge in [0.2, 0.25) is 11.8 Å². The Morgan fingerprint density at radius 1 is 0.528 bits per heavy atom. The summed E-state index contributed by atoms with van der Waals surface area (Å²) in [5, 5.41) is 33.3. The molecule has 6 N–H and O–H groups in total. The molecule has 4 aliphatic rings. The quantitative estimate of drug-likeness (QED) is 0.0531. The van der Waals surface area contributed by atoms with E-state index in [2.05, 4.69) is 71.5 Å². The number of ether oxygens (including phenoxy) is 6. The zero-order valence-electron chi connectivity index (χ0n) is 41.3. The maximum Gasteiger partial charge on any atom is 0.216 e. The number of carbonyl (C=O) groups is 2. The third kappa shape index (κ3) is 11.8. The molecule has 376 valence electrons. The van der Waals surface area contributed by atoms with Crippen molar-refractivity contribution >= 4 is 11.8 Å². The van der Waals surface area contributed by atoms with E-state index in [1.54, 1.807) is 0 Å². The first kappa shape index (κ1) is 49.9. The number of hydrogen-bond acceptors (Lipinski definition) is 12. The monoisotopic (exact) mass is 976 g/mol. The summed E-state index contributed by atoms with van der Waals surface area (Å²) in [6.07, 6.45) is 0.140. The van der Waals surface area contributed by atoms with Crippen LogP contribution in [0.3, 0.4) is 0 Å². The fourth-order valence-electron chi connectivity index (χ4n) is 9.88. The molecule has 72 heavy (non-hydrogen) atoms. The lowest BCUT2D eigenvalue weighted by molar-refractivity contribution is -0.119. The Labute approximate surface area is 421 Å². The Balaban J connectivity index is 0.000000178. The van der Waals surface area contributed by atoms with Gasteiger partial charge in [0, 0.05) is 52.9 Å². The minimum atomic E-state index is -0.502. The van der Waals surface area contributed by atoms with Crippen LogP contribution in [-0.2, 0) is 35.6 Å². The summed E-state index contributed by atoms with van der Waals surface area (Å²) in [6.45, 7) is 12.6. The Hall–Kier alpha value is -7.10. The van der Waals surface area contributed by atoms with E-state index >= 15 is 0 Å². The van der Waals surface area contributed by atoms with Crippen LogP contribution in [0.1, 0.15) is 70.4 Å². The predicted molar refractivity (Wildman–Crippen MR) is 275 cm³/mol. The van der Waals surface area contributed by atoms with Gasteiger partial charge in [0.25, 0.3) is 0 Å². The van der Waals surface area contributed by atoms with Crippen LogP contribution in [0.5, 0.6) is 34.5 Å². The Kier molecular flexibility index (Phi) is 15.9. The fourth-order valence-corrected chi connectivity index (χ4v) is 9.88. The predicted octanol–water partition coefficient (Wildman–Crippen LogP) is 7.39. The fraction of sp³-hybridized carbons (Fsp3) is 0.345. The number of rotatable bonds is 16. The molecule has 0 saturated heterocycles. The number of benzene rings is 6. The van der Waals surface area contributed by atoms with E-state index in [9.17, 15) is 19.8 Å². The standard InChI is InChI=1S/2C29H32N2O5/c2*1-18-21(4-3-5-24(18)20-6-9-27-28(16-20)35-13-12-34-27)17-36-23-7-8-25-22(14-23)15-26(33)29(25)31-11-10-30-19(2)32/h2*3-9,14,16,26,29,31,33H,10-13,15,17H2,1-2H3,(H,30,32)/t26-,29+;26-,29-/m00/s1. The van der Waals surface area contributed by atoms with Crippen molar-refractivity contribution in [2.24, 2.45) is 0 Å². The van der Waals surface area contributed by atoms with Gasteiger partial charge in [-0.1, -0.05) is 60.7 Å². The molecule has 0 fully saturated rings. The first-order chi connectivity index (χ1) is 35.0. The second-order valence-corrected chi connectivity index (χ2v) is 18.6. The van der Waals surface area contributed by atoms with Gasteiger partial charge in [-0.15, -0.1) is 0 Å². The van der Waals surface area contributed by atoms with E-state index < -0.39 is 12.2 Å². The van der Waals surface area contributed by atoms with Gasteiger partial charge in [0.15, 0.2) is 23.0 Å². The summed E-state index contributed by atoms with van der Waals surface area (Å²) >= 11 is 0. The van der Waals surface area contributed by atoms with E-state index in [0.717, 1.165) is 101 Å². The molecular weight excluding hydrogens is 913 g/mol. The maximum absolute atomic E-state index is 11.1. The van der Waals surface area contributed by atoms with Crippen molar-refractivity contribution in [3.63, 3.8) is 0 Å². The average Bonchev–Trinajstić information content (AvgIpc) is 3.88. The van der Waals surface area contributed by atoms with Gasteiger partial charge >= 0.3 is 0 Å². The lowest BCUT2D eigenvalue weighted by atomic mass is 9.96. The molecule has 2 heterocycles. The largest absolute Gasteiger partial charge is 0.489 e. The minimum Gasteiger partial charge on any atom is -0.489 e. The summed E-state index contributed by atoms with van der Waals surface area (Å²) in [4.78, 5) is 22.1. The van der Waals surface area contributed by atoms with Crippen LogP contribution in [-0.4, -0.2) is 86.8 Å². The van der Waals surface area contributed by atoms with Crippen LogP contribution in [0.2, 0.25) is 0 Å². The lowest BCUT2D eigenvalue weighted by Gasteiger charge is -2.20. The zero-order chi connectivity index (χ0) is 50.1. The van der Waals surface area contributed by atoms with Crippen molar-refractivity contribution in [3.8, 4) is 56.8 Å². The second kappa shape index (κ2) is 23.0. The van der Waals surface area contributed by atoms with Gasteiger partial charge in [-0.2, -0.15) is 0 Å². The molecular formula is C58H64N4O10. The lowest BCUT2D eigenvalue weighted by Crippen LogP contribution is -2.35. The molecule has 0 spiro atoms. The SMILES string of the molecule is CC(=O)NCCN[C@@H]1c2ccc(OCc3cccc(-c4ccc5c(c4)OCCO5)c3C)cc2C[C@@H]1O.CC(=O)NCCN[C@H]1c2ccc(OCc3cccc(-c4ccc5c(c4)OCCO5)c3C)cc2C[C@@H]1O. The molecule has 14 heteroatoms. The Morgan fingerprint density at radius 3 is 1.36 bits per heavy atom. The molecule has 2 aliphatic carbocycles. The van der Waals surface area contributed by atoms with Crippen molar-refractivity contribution in [3.05, 3.63) is 154 Å². The van der Waals surface area contributed by atoms with E-state index in [1.807, 2.05) is 72.8 Å². The highest BCUT2D eigenvalue weighted by atomic mass is 16.6. The number of hydrogen-bond donors (Lipinski definition) is 6. The van der Waals surface area contributed by atoms with Crippen LogP contribution >= 0.6 is 0 Å². The number of carbonyl (C=O) groups excluding carboxylic acids is 2. The van der Waals surface area contributed by atoms with Crippen LogP contribution < -0.4 is 49.7 Å². The van der Waals surface area contributed by atoms with E-state index in [4.69, 9.17) is 28.4 Å². The van der Waals surface area contributed by atoms with E-state index in [0.29, 0.717) is 78.7 Å². The Bertz CT molecular complexity index is 2710. The van der Waals surface area contributed by atoms with Crippen LogP contribution in [0, 0.1) is 13.8 Å². The Morgan fingerprint density at radius 2 is 0.944 bits per heavy atom. The summed E-state index contributed by atoms with van der Waals surface area (Å²) < 4.78 is 35.2. The minimum absolute atomic E-state index is 0.0574. The van der Waals surface area contributed by atoms with Crippen molar-refractivity contribution < 1.29 is 48.2 Å². The van der Waals surface area contributed by atoms with Crippen molar-refractivity contribution in [1.82, 2.24) is 21.3 Å². The molecule has 6 aromatic carbocycles. The topological polar surface area (TPSA) is 178 Å². The normalized spacial score (nSPS) is 18.0. The average molecular weight is 977 g/mol. The van der Waals surface area contributed by atoms with E-state index in [-0.39, 0.29) is 23.9 Å². The number of aliphatic hydroxyl groups excluding tert-OH is 2.